The molecule has 0 aliphatic carbocycles. The molecular weight excluding hydrogens is 809 g/mol. The van der Waals surface area contributed by atoms with Crippen molar-refractivity contribution in [2.75, 3.05) is 26.4 Å². The van der Waals surface area contributed by atoms with Crippen LogP contribution in [0.25, 0.3) is 0 Å². The van der Waals surface area contributed by atoms with E-state index in [1.165, 1.54) is 0 Å². The quantitative estimate of drug-likeness (QED) is 0.0367. The van der Waals surface area contributed by atoms with Crippen molar-refractivity contribution < 1.29 is 47.5 Å². The van der Waals surface area contributed by atoms with Gasteiger partial charge in [-0.1, -0.05) is 159 Å². The predicted octanol–water partition coefficient (Wildman–Crippen LogP) is 12.4. The van der Waals surface area contributed by atoms with Crippen LogP contribution in [0.15, 0.2) is 158 Å². The number of carbonyl (C=O) groups excluding carboxylic acids is 2. The highest BCUT2D eigenvalue weighted by Gasteiger charge is 2.12. The fourth-order valence-electron chi connectivity index (χ4n) is 6.63. The van der Waals surface area contributed by atoms with Gasteiger partial charge in [-0.15, -0.1) is 0 Å². The van der Waals surface area contributed by atoms with Gasteiger partial charge in [0.25, 0.3) is 0 Å². The van der Waals surface area contributed by atoms with Crippen LogP contribution in [-0.4, -0.2) is 38.7 Å². The van der Waals surface area contributed by atoms with Crippen LogP contribution in [0, 0.1) is 0 Å². The van der Waals surface area contributed by atoms with E-state index >= 15 is 0 Å². The van der Waals surface area contributed by atoms with Crippen molar-refractivity contribution in [3.63, 3.8) is 0 Å². The lowest BCUT2D eigenvalue weighted by molar-refractivity contribution is 0.0532. The summed E-state index contributed by atoms with van der Waals surface area (Å²) >= 11 is 0. The molecule has 0 saturated heterocycles. The van der Waals surface area contributed by atoms with Crippen molar-refractivity contribution in [3.05, 3.63) is 191 Å². The average molecular weight is 867 g/mol. The summed E-state index contributed by atoms with van der Waals surface area (Å²) in [4.78, 5) is 24.5. The van der Waals surface area contributed by atoms with E-state index in [0.717, 1.165) is 71.9 Å². The molecule has 0 spiro atoms. The summed E-state index contributed by atoms with van der Waals surface area (Å²) in [7, 11) is 0. The van der Waals surface area contributed by atoms with Crippen LogP contribution in [0.5, 0.6) is 23.0 Å². The molecule has 0 heterocycles. The Morgan fingerprint density at radius 2 is 0.594 bits per heavy atom. The number of carbonyl (C=O) groups is 2. The van der Waals surface area contributed by atoms with Gasteiger partial charge >= 0.3 is 12.3 Å². The molecule has 64 heavy (non-hydrogen) atoms. The second kappa shape index (κ2) is 27.2. The van der Waals surface area contributed by atoms with Crippen molar-refractivity contribution >= 4 is 12.3 Å². The fraction of sp³-hybridized carbons (Fsp3) is 0.296. The minimum Gasteiger partial charge on any atom is -0.485 e. The van der Waals surface area contributed by atoms with E-state index in [9.17, 15) is 9.59 Å². The maximum Gasteiger partial charge on any atom is 0.508 e. The third-order valence-electron chi connectivity index (χ3n) is 10.2. The highest BCUT2D eigenvalue weighted by atomic mass is 16.7. The van der Waals surface area contributed by atoms with Gasteiger partial charge in [0.1, 0.15) is 26.4 Å². The van der Waals surface area contributed by atoms with E-state index in [2.05, 4.69) is 0 Å². The van der Waals surface area contributed by atoms with E-state index in [1.54, 1.807) is 0 Å². The van der Waals surface area contributed by atoms with Gasteiger partial charge in [-0.2, -0.15) is 0 Å². The van der Waals surface area contributed by atoms with Crippen LogP contribution in [0.4, 0.5) is 9.59 Å². The number of rotatable bonds is 27. The van der Waals surface area contributed by atoms with Gasteiger partial charge in [-0.05, 0) is 70.5 Å². The second-order valence-corrected chi connectivity index (χ2v) is 15.2. The van der Waals surface area contributed by atoms with Crippen molar-refractivity contribution in [3.8, 4) is 23.0 Å². The van der Waals surface area contributed by atoms with E-state index in [-0.39, 0.29) is 13.2 Å². The zero-order chi connectivity index (χ0) is 44.3. The smallest absolute Gasteiger partial charge is 0.485 e. The third kappa shape index (κ3) is 17.4. The Hall–Kier alpha value is -6.94. The molecule has 0 aliphatic heterocycles. The number of hydrogen-bond acceptors (Lipinski definition) is 10. The highest BCUT2D eigenvalue weighted by Crippen LogP contribution is 2.32. The predicted molar refractivity (Wildman–Crippen MR) is 246 cm³/mol. The summed E-state index contributed by atoms with van der Waals surface area (Å²) in [5, 5.41) is 0. The molecule has 0 bridgehead atoms. The molecule has 0 unspecified atom stereocenters. The molecule has 10 heteroatoms. The van der Waals surface area contributed by atoms with E-state index in [0.29, 0.717) is 75.5 Å². The largest absolute Gasteiger partial charge is 0.508 e. The van der Waals surface area contributed by atoms with Crippen LogP contribution < -0.4 is 18.9 Å². The molecular formula is C54H58O10. The summed E-state index contributed by atoms with van der Waals surface area (Å²) in [5.41, 5.74) is 6.13. The van der Waals surface area contributed by atoms with E-state index < -0.39 is 12.3 Å². The molecule has 0 aromatic heterocycles. The Labute approximate surface area is 377 Å². The number of hydrogen-bond donors (Lipinski definition) is 0. The van der Waals surface area contributed by atoms with Gasteiger partial charge in [0.15, 0.2) is 23.0 Å². The van der Waals surface area contributed by atoms with Crippen molar-refractivity contribution in [1.82, 2.24) is 0 Å². The van der Waals surface area contributed by atoms with Gasteiger partial charge in [0.2, 0.25) is 0 Å². The molecule has 0 amide bonds. The first-order chi connectivity index (χ1) is 31.6. The van der Waals surface area contributed by atoms with Gasteiger partial charge < -0.3 is 37.9 Å². The molecule has 0 fully saturated rings. The highest BCUT2D eigenvalue weighted by molar-refractivity contribution is 5.60. The van der Waals surface area contributed by atoms with Crippen LogP contribution >= 0.6 is 0 Å². The van der Waals surface area contributed by atoms with Gasteiger partial charge in [-0.25, -0.2) is 9.59 Å². The summed E-state index contributed by atoms with van der Waals surface area (Å²) in [6, 6.07) is 51.4. The minimum absolute atomic E-state index is 0.183. The maximum atomic E-state index is 12.2. The summed E-state index contributed by atoms with van der Waals surface area (Å²) < 4.78 is 45.8. The molecule has 334 valence electrons. The first kappa shape index (κ1) is 46.6. The summed E-state index contributed by atoms with van der Waals surface area (Å²) in [6.07, 6.45) is 4.95. The van der Waals surface area contributed by atoms with E-state index in [4.69, 9.17) is 37.9 Å². The molecule has 0 N–H and O–H groups in total. The van der Waals surface area contributed by atoms with Gasteiger partial charge in [0.05, 0.1) is 26.4 Å². The topological polar surface area (TPSA) is 108 Å². The lowest BCUT2D eigenvalue weighted by Crippen LogP contribution is -2.11. The van der Waals surface area contributed by atoms with Crippen molar-refractivity contribution in [2.24, 2.45) is 0 Å². The van der Waals surface area contributed by atoms with Crippen LogP contribution in [0.3, 0.4) is 0 Å². The first-order valence-corrected chi connectivity index (χ1v) is 22.1. The van der Waals surface area contributed by atoms with E-state index in [1.807, 2.05) is 158 Å². The molecule has 0 atom stereocenters. The molecule has 0 radical (unpaired) electrons. The van der Waals surface area contributed by atoms with Crippen molar-refractivity contribution in [1.29, 1.82) is 0 Å². The molecule has 0 aliphatic rings. The Kier molecular flexibility index (Phi) is 19.8. The fourth-order valence-corrected chi connectivity index (χ4v) is 6.63. The normalized spacial score (nSPS) is 10.7. The Morgan fingerprint density at radius 1 is 0.297 bits per heavy atom. The Bertz CT molecular complexity index is 2070. The summed E-state index contributed by atoms with van der Waals surface area (Å²) in [6.45, 7) is 2.61. The summed E-state index contributed by atoms with van der Waals surface area (Å²) in [5.74, 6) is 2.56. The van der Waals surface area contributed by atoms with Gasteiger partial charge in [-0.3, -0.25) is 0 Å². The van der Waals surface area contributed by atoms with Crippen LogP contribution in [0.2, 0.25) is 0 Å². The SMILES string of the molecule is O=C(OCCCCCCCCOC(=O)OCCc1ccc(OCc2ccccc2)c(OCc2ccccc2)c1)OCCc1ccc(OCc2ccccc2)c(OCc2ccccc2)c1. The average Bonchev–Trinajstić information content (AvgIpc) is 3.34. The Balaban J connectivity index is 0.794. The zero-order valence-electron chi connectivity index (χ0n) is 36.4. The number of benzene rings is 6. The molecule has 6 aromatic rings. The third-order valence-corrected chi connectivity index (χ3v) is 10.2. The minimum atomic E-state index is -0.674. The first-order valence-electron chi connectivity index (χ1n) is 22.1. The van der Waals surface area contributed by atoms with Crippen LogP contribution in [-0.2, 0) is 58.2 Å². The van der Waals surface area contributed by atoms with Gasteiger partial charge in [0, 0.05) is 12.8 Å². The monoisotopic (exact) mass is 866 g/mol. The van der Waals surface area contributed by atoms with Crippen LogP contribution in [0.1, 0.15) is 71.9 Å². The molecule has 6 aromatic carbocycles. The zero-order valence-corrected chi connectivity index (χ0v) is 36.4. The number of ether oxygens (including phenoxy) is 8. The maximum absolute atomic E-state index is 12.2. The lowest BCUT2D eigenvalue weighted by Gasteiger charge is -2.15. The van der Waals surface area contributed by atoms with Crippen molar-refractivity contribution in [2.45, 2.75) is 77.8 Å². The number of unbranched alkanes of at least 4 members (excludes halogenated alkanes) is 5. The lowest BCUT2D eigenvalue weighted by atomic mass is 10.1. The standard InChI is InChI=1S/C54H58O10/c55-53(59-35-31-43-27-29-49(61-39-45-19-9-5-10-20-45)51(37-43)63-41-47-23-13-7-14-24-47)57-33-17-3-1-2-4-18-34-58-54(56)60-36-32-44-28-30-50(62-40-46-21-11-6-12-22-46)52(38-44)64-42-48-25-15-8-16-26-48/h5-16,19-30,37-38H,1-4,17-18,31-36,39-42H2. The Morgan fingerprint density at radius 3 is 0.938 bits per heavy atom. The molecule has 0 saturated carbocycles. The second-order valence-electron chi connectivity index (χ2n) is 15.2. The molecule has 10 nitrogen and oxygen atoms in total. The molecule has 6 rings (SSSR count).